The maximum absolute atomic E-state index is 11.5. The quantitative estimate of drug-likeness (QED) is 0.825. The molecule has 0 fully saturated rings. The number of rotatable bonds is 4. The van der Waals surface area contributed by atoms with Crippen LogP contribution in [0.1, 0.15) is 31.6 Å². The summed E-state index contributed by atoms with van der Waals surface area (Å²) in [5, 5.41) is 3.41. The number of nitrogens with zero attached hydrogens (tertiary/aromatic N) is 1. The van der Waals surface area contributed by atoms with Gasteiger partial charge in [0.15, 0.2) is 5.13 Å². The number of aryl methyl sites for hydroxylation is 1. The Morgan fingerprint density at radius 3 is 2.80 bits per heavy atom. The van der Waals surface area contributed by atoms with Crippen molar-refractivity contribution in [3.8, 4) is 0 Å². The van der Waals surface area contributed by atoms with Gasteiger partial charge in [0.1, 0.15) is 0 Å². The smallest absolute Gasteiger partial charge is 0.226 e. The van der Waals surface area contributed by atoms with E-state index >= 15 is 0 Å². The van der Waals surface area contributed by atoms with Crippen molar-refractivity contribution in [2.24, 2.45) is 5.73 Å². The first-order valence-electron chi connectivity index (χ1n) is 4.88. The molecule has 1 heterocycles. The average Bonchev–Trinajstić information content (AvgIpc) is 2.47. The third-order valence-electron chi connectivity index (χ3n) is 1.86. The summed E-state index contributed by atoms with van der Waals surface area (Å²) in [7, 11) is 0. The number of hydrogen-bond acceptors (Lipinski definition) is 4. The second-order valence-corrected chi connectivity index (χ2v) is 5.55. The van der Waals surface area contributed by atoms with E-state index in [-0.39, 0.29) is 11.4 Å². The monoisotopic (exact) mass is 227 g/mol. The van der Waals surface area contributed by atoms with Crippen molar-refractivity contribution in [2.45, 2.75) is 39.2 Å². The molecule has 1 aromatic rings. The lowest BCUT2D eigenvalue weighted by atomic mass is 10.00. The molecule has 0 aliphatic carbocycles. The zero-order valence-corrected chi connectivity index (χ0v) is 10.1. The minimum Gasteiger partial charge on any atom is -0.326 e. The molecule has 5 heteroatoms. The van der Waals surface area contributed by atoms with E-state index in [1.807, 2.05) is 20.8 Å². The van der Waals surface area contributed by atoms with E-state index in [1.54, 1.807) is 6.20 Å². The third-order valence-corrected chi connectivity index (χ3v) is 2.69. The van der Waals surface area contributed by atoms with Crippen molar-refractivity contribution >= 4 is 22.4 Å². The second-order valence-electron chi connectivity index (χ2n) is 4.31. The zero-order valence-electron chi connectivity index (χ0n) is 9.33. The van der Waals surface area contributed by atoms with E-state index in [0.29, 0.717) is 18.0 Å². The number of carbonyl (C=O) groups excluding carboxylic acids is 1. The van der Waals surface area contributed by atoms with E-state index in [4.69, 9.17) is 5.73 Å². The van der Waals surface area contributed by atoms with Crippen molar-refractivity contribution in [3.63, 3.8) is 0 Å². The van der Waals surface area contributed by atoms with Gasteiger partial charge in [0.2, 0.25) is 5.91 Å². The number of nitrogens with two attached hydrogens (primary N) is 1. The van der Waals surface area contributed by atoms with Crippen LogP contribution in [0.4, 0.5) is 5.13 Å². The van der Waals surface area contributed by atoms with Crippen molar-refractivity contribution in [1.82, 2.24) is 4.98 Å². The molecular formula is C10H17N3OS. The Labute approximate surface area is 93.9 Å². The van der Waals surface area contributed by atoms with Gasteiger partial charge in [-0.05, 0) is 27.2 Å². The summed E-state index contributed by atoms with van der Waals surface area (Å²) in [6.07, 6.45) is 2.85. The van der Waals surface area contributed by atoms with Gasteiger partial charge in [0.25, 0.3) is 0 Å². The highest BCUT2D eigenvalue weighted by Gasteiger charge is 2.13. The highest BCUT2D eigenvalue weighted by atomic mass is 32.1. The molecule has 4 nitrogen and oxygen atoms in total. The Kier molecular flexibility index (Phi) is 3.82. The highest BCUT2D eigenvalue weighted by Crippen LogP contribution is 2.17. The first-order valence-corrected chi connectivity index (χ1v) is 5.70. The van der Waals surface area contributed by atoms with Crippen LogP contribution in [0.15, 0.2) is 6.20 Å². The lowest BCUT2D eigenvalue weighted by molar-refractivity contribution is -0.116. The number of amides is 1. The number of nitrogens with one attached hydrogen (secondary N) is 1. The van der Waals surface area contributed by atoms with E-state index in [0.717, 1.165) is 4.88 Å². The highest BCUT2D eigenvalue weighted by molar-refractivity contribution is 7.15. The summed E-state index contributed by atoms with van der Waals surface area (Å²) < 4.78 is 0. The molecule has 0 aliphatic heterocycles. The van der Waals surface area contributed by atoms with Gasteiger partial charge < -0.3 is 11.1 Å². The van der Waals surface area contributed by atoms with Crippen molar-refractivity contribution in [1.29, 1.82) is 0 Å². The second kappa shape index (κ2) is 4.72. The van der Waals surface area contributed by atoms with Crippen LogP contribution in [0.5, 0.6) is 0 Å². The van der Waals surface area contributed by atoms with Gasteiger partial charge in [-0.2, -0.15) is 0 Å². The van der Waals surface area contributed by atoms with Crippen LogP contribution in [0.3, 0.4) is 0 Å². The molecule has 1 aromatic heterocycles. The fourth-order valence-corrected chi connectivity index (χ4v) is 1.71. The number of aromatic nitrogens is 1. The maximum Gasteiger partial charge on any atom is 0.226 e. The molecule has 3 N–H and O–H groups in total. The van der Waals surface area contributed by atoms with Gasteiger partial charge in [0.05, 0.1) is 0 Å². The summed E-state index contributed by atoms with van der Waals surface area (Å²) in [6, 6.07) is 0. The van der Waals surface area contributed by atoms with Crippen LogP contribution in [0, 0.1) is 6.92 Å². The summed E-state index contributed by atoms with van der Waals surface area (Å²) in [6.45, 7) is 5.78. The molecule has 0 saturated heterocycles. The Hall–Kier alpha value is -0.940. The number of thiazole rings is 1. The van der Waals surface area contributed by atoms with Gasteiger partial charge in [-0.15, -0.1) is 11.3 Å². The standard InChI is InChI=1S/C10H17N3OS/c1-7-6-12-9(15-7)13-8(14)4-5-10(2,3)11/h6H,4-5,11H2,1-3H3,(H,12,13,14). The van der Waals surface area contributed by atoms with Crippen LogP contribution in [0.25, 0.3) is 0 Å². The van der Waals surface area contributed by atoms with Crippen molar-refractivity contribution in [2.75, 3.05) is 5.32 Å². The summed E-state index contributed by atoms with van der Waals surface area (Å²) in [5.41, 5.74) is 5.49. The van der Waals surface area contributed by atoms with Gasteiger partial charge >= 0.3 is 0 Å². The fourth-order valence-electron chi connectivity index (χ4n) is 1.03. The lowest BCUT2D eigenvalue weighted by Crippen LogP contribution is -2.33. The molecule has 0 saturated carbocycles. The lowest BCUT2D eigenvalue weighted by Gasteiger charge is -2.17. The first-order chi connectivity index (χ1) is 6.87. The first kappa shape index (κ1) is 12.1. The largest absolute Gasteiger partial charge is 0.326 e. The predicted octanol–water partition coefficient (Wildman–Crippen LogP) is 1.91. The topological polar surface area (TPSA) is 68.0 Å². The Morgan fingerprint density at radius 1 is 1.67 bits per heavy atom. The SMILES string of the molecule is Cc1cnc(NC(=O)CCC(C)(C)N)s1. The summed E-state index contributed by atoms with van der Waals surface area (Å²) >= 11 is 1.48. The molecule has 0 unspecified atom stereocenters. The minimum absolute atomic E-state index is 0.0251. The van der Waals surface area contributed by atoms with E-state index in [2.05, 4.69) is 10.3 Å². The molecule has 0 aromatic carbocycles. The van der Waals surface area contributed by atoms with Gasteiger partial charge in [-0.1, -0.05) is 0 Å². The van der Waals surface area contributed by atoms with E-state index in [1.165, 1.54) is 11.3 Å². The molecule has 0 bridgehead atoms. The van der Waals surface area contributed by atoms with E-state index in [9.17, 15) is 4.79 Å². The predicted molar refractivity (Wildman–Crippen MR) is 63.0 cm³/mol. The molecule has 15 heavy (non-hydrogen) atoms. The Morgan fingerprint density at radius 2 is 2.33 bits per heavy atom. The van der Waals surface area contributed by atoms with Gasteiger partial charge in [0, 0.05) is 23.0 Å². The molecule has 84 valence electrons. The summed E-state index contributed by atoms with van der Waals surface area (Å²) in [5.74, 6) is -0.0251. The minimum atomic E-state index is -0.296. The maximum atomic E-state index is 11.5. The number of anilines is 1. The molecule has 0 radical (unpaired) electrons. The molecule has 0 atom stereocenters. The molecule has 0 aliphatic rings. The van der Waals surface area contributed by atoms with Crippen molar-refractivity contribution in [3.05, 3.63) is 11.1 Å². The van der Waals surface area contributed by atoms with E-state index < -0.39 is 0 Å². The Balaban J connectivity index is 2.37. The normalized spacial score (nSPS) is 11.5. The molecule has 1 rings (SSSR count). The van der Waals surface area contributed by atoms with Crippen LogP contribution < -0.4 is 11.1 Å². The van der Waals surface area contributed by atoms with Crippen molar-refractivity contribution < 1.29 is 4.79 Å². The summed E-state index contributed by atoms with van der Waals surface area (Å²) in [4.78, 5) is 16.6. The Bertz CT molecular complexity index is 341. The van der Waals surface area contributed by atoms with Gasteiger partial charge in [-0.3, -0.25) is 4.79 Å². The number of carbonyl (C=O) groups is 1. The molecule has 0 spiro atoms. The zero-order chi connectivity index (χ0) is 11.5. The fraction of sp³-hybridized carbons (Fsp3) is 0.600. The van der Waals surface area contributed by atoms with Gasteiger partial charge in [-0.25, -0.2) is 4.98 Å². The van der Waals surface area contributed by atoms with Crippen LogP contribution in [-0.4, -0.2) is 16.4 Å². The van der Waals surface area contributed by atoms with Crippen LogP contribution in [-0.2, 0) is 4.79 Å². The average molecular weight is 227 g/mol. The van der Waals surface area contributed by atoms with Crippen LogP contribution in [0.2, 0.25) is 0 Å². The number of hydrogen-bond donors (Lipinski definition) is 2. The van der Waals surface area contributed by atoms with Crippen LogP contribution >= 0.6 is 11.3 Å². The molecular weight excluding hydrogens is 210 g/mol. The molecule has 1 amide bonds. The third kappa shape index (κ3) is 4.90.